The fourth-order valence-corrected chi connectivity index (χ4v) is 2.77. The maximum Gasteiger partial charge on any atom is 0.271 e. The summed E-state index contributed by atoms with van der Waals surface area (Å²) in [6.07, 6.45) is 7.22. The maximum atomic E-state index is 12.1. The Bertz CT molecular complexity index is 659. The highest BCUT2D eigenvalue weighted by Crippen LogP contribution is 2.33. The average Bonchev–Trinajstić information content (AvgIpc) is 3.04. The minimum Gasteiger partial charge on any atom is -0.347 e. The van der Waals surface area contributed by atoms with Gasteiger partial charge in [0.1, 0.15) is 11.5 Å². The fraction of sp³-hybridized carbons (Fsp3) is 0.375. The van der Waals surface area contributed by atoms with Crippen molar-refractivity contribution in [1.82, 2.24) is 19.9 Å². The summed E-state index contributed by atoms with van der Waals surface area (Å²) in [5.74, 6) is 0.780. The van der Waals surface area contributed by atoms with Crippen LogP contribution in [0.5, 0.6) is 0 Å². The monoisotopic (exact) mass is 297 g/mol. The van der Waals surface area contributed by atoms with Gasteiger partial charge in [0.15, 0.2) is 0 Å². The predicted molar refractivity (Wildman–Crippen MR) is 83.6 cm³/mol. The Morgan fingerprint density at radius 2 is 2.18 bits per heavy atom. The molecule has 0 radical (unpaired) electrons. The van der Waals surface area contributed by atoms with Crippen LogP contribution in [-0.2, 0) is 0 Å². The van der Waals surface area contributed by atoms with E-state index >= 15 is 0 Å². The van der Waals surface area contributed by atoms with Gasteiger partial charge in [0.05, 0.1) is 17.9 Å². The van der Waals surface area contributed by atoms with E-state index in [1.54, 1.807) is 43.7 Å². The molecule has 2 aromatic heterocycles. The van der Waals surface area contributed by atoms with Crippen molar-refractivity contribution in [3.63, 3.8) is 0 Å². The van der Waals surface area contributed by atoms with Gasteiger partial charge in [-0.25, -0.2) is 9.97 Å². The molecule has 1 atom stereocenters. The molecule has 0 saturated carbocycles. The smallest absolute Gasteiger partial charge is 0.271 e. The van der Waals surface area contributed by atoms with Gasteiger partial charge in [-0.05, 0) is 25.0 Å². The van der Waals surface area contributed by atoms with Gasteiger partial charge >= 0.3 is 0 Å². The highest BCUT2D eigenvalue weighted by Gasteiger charge is 2.28. The van der Waals surface area contributed by atoms with Crippen molar-refractivity contribution < 1.29 is 4.79 Å². The average molecular weight is 297 g/mol. The van der Waals surface area contributed by atoms with Crippen LogP contribution in [-0.4, -0.2) is 46.4 Å². The van der Waals surface area contributed by atoms with Crippen molar-refractivity contribution in [3.8, 4) is 0 Å². The number of anilines is 1. The minimum atomic E-state index is -0.0779. The molecule has 1 fully saturated rings. The fourth-order valence-electron chi connectivity index (χ4n) is 2.77. The van der Waals surface area contributed by atoms with Crippen LogP contribution in [0.4, 0.5) is 5.82 Å². The summed E-state index contributed by atoms with van der Waals surface area (Å²) in [5, 5.41) is 0. The van der Waals surface area contributed by atoms with Crippen LogP contribution < -0.4 is 4.90 Å². The summed E-state index contributed by atoms with van der Waals surface area (Å²) in [7, 11) is 3.47. The number of pyridine rings is 1. The van der Waals surface area contributed by atoms with Crippen LogP contribution in [0.15, 0.2) is 36.8 Å². The van der Waals surface area contributed by atoms with E-state index in [1.807, 2.05) is 12.1 Å². The van der Waals surface area contributed by atoms with Gasteiger partial charge in [-0.1, -0.05) is 6.07 Å². The lowest BCUT2D eigenvalue weighted by Gasteiger charge is -2.25. The standard InChI is InChI=1S/C16H19N5O/c1-20(2)16(22)13-6-3-5-12(19-13)14-7-4-10-21(14)15-11-17-8-9-18-15/h3,5-6,8-9,11,14H,4,7,10H2,1-2H3. The van der Waals surface area contributed by atoms with Crippen molar-refractivity contribution >= 4 is 11.7 Å². The summed E-state index contributed by atoms with van der Waals surface area (Å²) in [4.78, 5) is 28.9. The molecular weight excluding hydrogens is 278 g/mol. The van der Waals surface area contributed by atoms with Gasteiger partial charge in [0.25, 0.3) is 5.91 Å². The van der Waals surface area contributed by atoms with Crippen molar-refractivity contribution in [2.45, 2.75) is 18.9 Å². The van der Waals surface area contributed by atoms with E-state index in [4.69, 9.17) is 0 Å². The van der Waals surface area contributed by atoms with E-state index < -0.39 is 0 Å². The second-order valence-corrected chi connectivity index (χ2v) is 5.56. The molecule has 1 unspecified atom stereocenters. The van der Waals surface area contributed by atoms with Crippen LogP contribution >= 0.6 is 0 Å². The molecule has 0 bridgehead atoms. The zero-order valence-electron chi connectivity index (χ0n) is 12.8. The molecular formula is C16H19N5O. The lowest BCUT2D eigenvalue weighted by molar-refractivity contribution is 0.0821. The zero-order chi connectivity index (χ0) is 15.5. The molecule has 114 valence electrons. The first-order valence-corrected chi connectivity index (χ1v) is 7.38. The van der Waals surface area contributed by atoms with Gasteiger partial charge in [-0.3, -0.25) is 9.78 Å². The number of aromatic nitrogens is 3. The second-order valence-electron chi connectivity index (χ2n) is 5.56. The molecule has 1 amide bonds. The van der Waals surface area contributed by atoms with Crippen LogP contribution in [0.1, 0.15) is 35.1 Å². The molecule has 1 aliphatic rings. The van der Waals surface area contributed by atoms with Gasteiger partial charge in [-0.15, -0.1) is 0 Å². The van der Waals surface area contributed by atoms with Gasteiger partial charge in [0.2, 0.25) is 0 Å². The Balaban J connectivity index is 1.90. The molecule has 3 heterocycles. The molecule has 2 aromatic rings. The third-order valence-electron chi connectivity index (χ3n) is 3.83. The Labute approximate surface area is 129 Å². The summed E-state index contributed by atoms with van der Waals surface area (Å²) < 4.78 is 0. The molecule has 0 N–H and O–H groups in total. The molecule has 6 heteroatoms. The van der Waals surface area contributed by atoms with Crippen molar-refractivity contribution in [1.29, 1.82) is 0 Å². The van der Waals surface area contributed by atoms with E-state index in [-0.39, 0.29) is 11.9 Å². The number of carbonyl (C=O) groups is 1. The molecule has 1 aliphatic heterocycles. The van der Waals surface area contributed by atoms with Gasteiger partial charge < -0.3 is 9.80 Å². The molecule has 22 heavy (non-hydrogen) atoms. The third-order valence-corrected chi connectivity index (χ3v) is 3.83. The van der Waals surface area contributed by atoms with E-state index in [0.29, 0.717) is 5.69 Å². The van der Waals surface area contributed by atoms with Crippen LogP contribution in [0.2, 0.25) is 0 Å². The Kier molecular flexibility index (Phi) is 4.00. The highest BCUT2D eigenvalue weighted by atomic mass is 16.2. The van der Waals surface area contributed by atoms with Crippen LogP contribution in [0.25, 0.3) is 0 Å². The number of hydrogen-bond acceptors (Lipinski definition) is 5. The third kappa shape index (κ3) is 2.77. The molecule has 0 aromatic carbocycles. The Morgan fingerprint density at radius 3 is 2.91 bits per heavy atom. The Morgan fingerprint density at radius 1 is 1.32 bits per heavy atom. The molecule has 0 aliphatic carbocycles. The minimum absolute atomic E-state index is 0.0779. The van der Waals surface area contributed by atoms with Crippen LogP contribution in [0.3, 0.4) is 0 Å². The second kappa shape index (κ2) is 6.09. The number of rotatable bonds is 3. The molecule has 3 rings (SSSR count). The largest absolute Gasteiger partial charge is 0.347 e. The predicted octanol–water partition coefficient (Wildman–Crippen LogP) is 1.91. The van der Waals surface area contributed by atoms with Crippen molar-refractivity contribution in [3.05, 3.63) is 48.2 Å². The van der Waals surface area contributed by atoms with E-state index in [9.17, 15) is 4.79 Å². The Hall–Kier alpha value is -2.50. The molecule has 0 spiro atoms. The van der Waals surface area contributed by atoms with Gasteiger partial charge in [-0.2, -0.15) is 0 Å². The quantitative estimate of drug-likeness (QED) is 0.866. The van der Waals surface area contributed by atoms with E-state index in [0.717, 1.165) is 30.9 Å². The lowest BCUT2D eigenvalue weighted by atomic mass is 10.1. The molecule has 1 saturated heterocycles. The summed E-state index contributed by atoms with van der Waals surface area (Å²) in [6, 6.07) is 5.78. The van der Waals surface area contributed by atoms with Gasteiger partial charge in [0, 0.05) is 33.0 Å². The first-order valence-electron chi connectivity index (χ1n) is 7.38. The first-order chi connectivity index (χ1) is 10.7. The number of carbonyl (C=O) groups excluding carboxylic acids is 1. The SMILES string of the molecule is CN(C)C(=O)c1cccc(C2CCCN2c2cnccn2)n1. The topological polar surface area (TPSA) is 62.2 Å². The van der Waals surface area contributed by atoms with Crippen LogP contribution in [0, 0.1) is 0 Å². The van der Waals surface area contributed by atoms with Crippen molar-refractivity contribution in [2.24, 2.45) is 0 Å². The van der Waals surface area contributed by atoms with E-state index in [1.165, 1.54) is 0 Å². The summed E-state index contributed by atoms with van der Waals surface area (Å²) in [6.45, 7) is 0.927. The van der Waals surface area contributed by atoms with E-state index in [2.05, 4.69) is 19.9 Å². The zero-order valence-corrected chi connectivity index (χ0v) is 12.8. The maximum absolute atomic E-state index is 12.1. The summed E-state index contributed by atoms with van der Waals surface area (Å²) >= 11 is 0. The first kappa shape index (κ1) is 14.4. The van der Waals surface area contributed by atoms with Crippen molar-refractivity contribution in [2.75, 3.05) is 25.5 Å². The number of hydrogen-bond donors (Lipinski definition) is 0. The lowest BCUT2D eigenvalue weighted by Crippen LogP contribution is -2.26. The highest BCUT2D eigenvalue weighted by molar-refractivity contribution is 5.91. The number of nitrogens with zero attached hydrogens (tertiary/aromatic N) is 5. The molecule has 6 nitrogen and oxygen atoms in total. The summed E-state index contributed by atoms with van der Waals surface area (Å²) in [5.41, 5.74) is 1.39. The normalized spacial score (nSPS) is 17.5. The number of amides is 1.